The van der Waals surface area contributed by atoms with Gasteiger partial charge in [-0.15, -0.1) is 0 Å². The largest absolute Gasteiger partial charge is 0.437 e. The van der Waals surface area contributed by atoms with Gasteiger partial charge in [-0.1, -0.05) is 24.3 Å². The van der Waals surface area contributed by atoms with Gasteiger partial charge in [-0.25, -0.2) is 15.0 Å². The summed E-state index contributed by atoms with van der Waals surface area (Å²) >= 11 is 0. The molecule has 4 aromatic rings. The lowest BCUT2D eigenvalue weighted by Crippen LogP contribution is -2.38. The number of aryl methyl sites for hydroxylation is 1. The van der Waals surface area contributed by atoms with Crippen LogP contribution in [0.25, 0.3) is 22.0 Å². The number of aromatic nitrogens is 3. The first-order valence-electron chi connectivity index (χ1n) is 13.4. The summed E-state index contributed by atoms with van der Waals surface area (Å²) < 4.78 is 6.52. The van der Waals surface area contributed by atoms with E-state index in [4.69, 9.17) is 9.72 Å². The third kappa shape index (κ3) is 5.45. The van der Waals surface area contributed by atoms with E-state index in [2.05, 4.69) is 25.9 Å². The van der Waals surface area contributed by atoms with Crippen molar-refractivity contribution in [1.29, 1.82) is 0 Å². The molecule has 1 atom stereocenters. The van der Waals surface area contributed by atoms with E-state index in [1.165, 1.54) is 0 Å². The average Bonchev–Trinajstić information content (AvgIpc) is 3.75. The molecule has 3 N–H and O–H groups in total. The van der Waals surface area contributed by atoms with Crippen molar-refractivity contribution in [3.8, 4) is 22.9 Å². The van der Waals surface area contributed by atoms with Crippen molar-refractivity contribution in [2.75, 3.05) is 23.7 Å². The lowest BCUT2D eigenvalue weighted by molar-refractivity contribution is -0.116. The van der Waals surface area contributed by atoms with E-state index in [1.54, 1.807) is 12.4 Å². The summed E-state index contributed by atoms with van der Waals surface area (Å²) in [6.07, 6.45) is 8.58. The van der Waals surface area contributed by atoms with Crippen LogP contribution in [-0.4, -0.2) is 40.0 Å². The van der Waals surface area contributed by atoms with Gasteiger partial charge in [0.2, 0.25) is 17.7 Å². The van der Waals surface area contributed by atoms with Crippen LogP contribution in [0.4, 0.5) is 11.6 Å². The Hall–Kier alpha value is -4.04. The maximum Gasteiger partial charge on any atom is 0.228 e. The van der Waals surface area contributed by atoms with Crippen molar-refractivity contribution in [3.63, 3.8) is 0 Å². The first-order chi connectivity index (χ1) is 18.6. The summed E-state index contributed by atoms with van der Waals surface area (Å²) in [5, 5.41) is 11.8. The molecule has 0 unspecified atom stereocenters. The second-order valence-corrected chi connectivity index (χ2v) is 10.2. The monoisotopic (exact) mass is 508 g/mol. The highest BCUT2D eigenvalue weighted by Crippen LogP contribution is 2.39. The molecule has 0 bridgehead atoms. The van der Waals surface area contributed by atoms with Crippen LogP contribution in [0.15, 0.2) is 60.9 Å². The zero-order valence-electron chi connectivity index (χ0n) is 21.5. The normalized spacial score (nSPS) is 17.2. The maximum absolute atomic E-state index is 12.5. The molecule has 2 aliphatic rings. The Labute approximate surface area is 222 Å². The number of pyridine rings is 1. The van der Waals surface area contributed by atoms with Crippen molar-refractivity contribution in [3.05, 3.63) is 66.5 Å². The van der Waals surface area contributed by atoms with Crippen molar-refractivity contribution < 1.29 is 9.53 Å². The Bertz CT molecular complexity index is 1460. The van der Waals surface area contributed by atoms with E-state index in [9.17, 15) is 4.79 Å². The first kappa shape index (κ1) is 24.3. The molecule has 0 spiro atoms. The number of anilines is 2. The minimum Gasteiger partial charge on any atom is -0.437 e. The Morgan fingerprint density at radius 3 is 2.79 bits per heavy atom. The van der Waals surface area contributed by atoms with Crippen LogP contribution < -0.4 is 20.7 Å². The van der Waals surface area contributed by atoms with Crippen LogP contribution in [0, 0.1) is 12.8 Å². The second kappa shape index (κ2) is 10.8. The fourth-order valence-corrected chi connectivity index (χ4v) is 4.97. The van der Waals surface area contributed by atoms with Crippen molar-refractivity contribution in [2.24, 2.45) is 5.92 Å². The molecule has 6 rings (SSSR count). The summed E-state index contributed by atoms with van der Waals surface area (Å²) in [6, 6.07) is 16.0. The number of fused-ring (bicyclic) bond motifs is 1. The highest BCUT2D eigenvalue weighted by molar-refractivity contribution is 6.04. The molecule has 2 aromatic heterocycles. The van der Waals surface area contributed by atoms with E-state index in [1.807, 2.05) is 55.5 Å². The summed E-state index contributed by atoms with van der Waals surface area (Å²) in [7, 11) is 0. The molecule has 8 nitrogen and oxygen atoms in total. The van der Waals surface area contributed by atoms with Crippen LogP contribution in [0.2, 0.25) is 0 Å². The summed E-state index contributed by atoms with van der Waals surface area (Å²) in [4.78, 5) is 26.3. The van der Waals surface area contributed by atoms with Crippen molar-refractivity contribution in [2.45, 2.75) is 45.1 Å². The van der Waals surface area contributed by atoms with Gasteiger partial charge in [-0.05, 0) is 74.9 Å². The standard InChI is InChI=1S/C30H32N6O2/c1-19-9-12-22-23(6-2-8-25(22)35-27(37)17-20-10-11-20)28(19)38-29-24(7-4-15-32-29)26-13-16-33-30(36-26)34-21-5-3-14-31-18-21/h2,4,6-9,12-13,15-16,20-21,31H,3,5,10-11,14,17-18H2,1H3,(H,35,37)(H,33,34,36)/t21-/m0/s1. The predicted molar refractivity (Wildman–Crippen MR) is 150 cm³/mol. The van der Waals surface area contributed by atoms with Crippen LogP contribution in [0.1, 0.15) is 37.7 Å². The van der Waals surface area contributed by atoms with Gasteiger partial charge in [-0.2, -0.15) is 0 Å². The lowest BCUT2D eigenvalue weighted by atomic mass is 10.0. The summed E-state index contributed by atoms with van der Waals surface area (Å²) in [6.45, 7) is 3.97. The number of ether oxygens (including phenoxy) is 1. The fourth-order valence-electron chi connectivity index (χ4n) is 4.97. The van der Waals surface area contributed by atoms with E-state index in [-0.39, 0.29) is 5.91 Å². The van der Waals surface area contributed by atoms with E-state index in [0.29, 0.717) is 36.0 Å². The van der Waals surface area contributed by atoms with Gasteiger partial charge in [0.15, 0.2) is 0 Å². The number of hydrogen-bond donors (Lipinski definition) is 3. The molecule has 1 aliphatic heterocycles. The molecular formula is C30H32N6O2. The topological polar surface area (TPSA) is 101 Å². The van der Waals surface area contributed by atoms with Gasteiger partial charge < -0.3 is 20.7 Å². The molecular weight excluding hydrogens is 476 g/mol. The van der Waals surface area contributed by atoms with E-state index in [0.717, 1.165) is 72.1 Å². The zero-order valence-corrected chi connectivity index (χ0v) is 21.5. The number of carbonyl (C=O) groups excluding carboxylic acids is 1. The van der Waals surface area contributed by atoms with Gasteiger partial charge in [0.25, 0.3) is 0 Å². The number of rotatable bonds is 8. The number of hydrogen-bond acceptors (Lipinski definition) is 7. The molecule has 2 fully saturated rings. The van der Waals surface area contributed by atoms with Gasteiger partial charge in [0, 0.05) is 47.9 Å². The van der Waals surface area contributed by atoms with E-state index < -0.39 is 0 Å². The molecule has 2 aromatic carbocycles. The number of nitrogens with zero attached hydrogens (tertiary/aromatic N) is 3. The molecule has 8 heteroatoms. The maximum atomic E-state index is 12.5. The molecule has 38 heavy (non-hydrogen) atoms. The Morgan fingerprint density at radius 2 is 1.95 bits per heavy atom. The molecule has 1 amide bonds. The van der Waals surface area contributed by atoms with Crippen LogP contribution >= 0.6 is 0 Å². The molecule has 194 valence electrons. The van der Waals surface area contributed by atoms with Crippen LogP contribution in [-0.2, 0) is 4.79 Å². The highest BCUT2D eigenvalue weighted by atomic mass is 16.5. The fraction of sp³-hybridized carbons (Fsp3) is 0.333. The Balaban J connectivity index is 1.30. The number of piperidine rings is 1. The summed E-state index contributed by atoms with van der Waals surface area (Å²) in [5.74, 6) is 2.37. The third-order valence-electron chi connectivity index (χ3n) is 7.19. The van der Waals surface area contributed by atoms with E-state index >= 15 is 0 Å². The van der Waals surface area contributed by atoms with Gasteiger partial charge in [-0.3, -0.25) is 4.79 Å². The van der Waals surface area contributed by atoms with Crippen molar-refractivity contribution in [1.82, 2.24) is 20.3 Å². The lowest BCUT2D eigenvalue weighted by Gasteiger charge is -2.23. The molecule has 1 aliphatic carbocycles. The Morgan fingerprint density at radius 1 is 1.03 bits per heavy atom. The second-order valence-electron chi connectivity index (χ2n) is 10.2. The van der Waals surface area contributed by atoms with Crippen LogP contribution in [0.3, 0.4) is 0 Å². The minimum absolute atomic E-state index is 0.0623. The predicted octanol–water partition coefficient (Wildman–Crippen LogP) is 5.70. The molecule has 0 radical (unpaired) electrons. The third-order valence-corrected chi connectivity index (χ3v) is 7.19. The van der Waals surface area contributed by atoms with Crippen molar-refractivity contribution >= 4 is 28.3 Å². The average molecular weight is 509 g/mol. The molecule has 1 saturated carbocycles. The van der Waals surface area contributed by atoms with Gasteiger partial charge >= 0.3 is 0 Å². The van der Waals surface area contributed by atoms with Crippen LogP contribution in [0.5, 0.6) is 11.6 Å². The molecule has 1 saturated heterocycles. The quantitative estimate of drug-likeness (QED) is 0.281. The zero-order chi connectivity index (χ0) is 25.9. The Kier molecular flexibility index (Phi) is 6.88. The molecule has 3 heterocycles. The summed E-state index contributed by atoms with van der Waals surface area (Å²) in [5.41, 5.74) is 3.29. The number of carbonyl (C=O) groups is 1. The first-order valence-corrected chi connectivity index (χ1v) is 13.4. The highest BCUT2D eigenvalue weighted by Gasteiger charge is 2.25. The van der Waals surface area contributed by atoms with Gasteiger partial charge in [0.05, 0.1) is 11.3 Å². The smallest absolute Gasteiger partial charge is 0.228 e. The SMILES string of the molecule is Cc1ccc2c(NC(=O)CC3CC3)cccc2c1Oc1ncccc1-c1ccnc(N[C@H]2CCCNC2)n1. The number of nitrogens with one attached hydrogen (secondary N) is 3. The minimum atomic E-state index is 0.0623. The number of amides is 1. The van der Waals surface area contributed by atoms with Gasteiger partial charge in [0.1, 0.15) is 5.75 Å². The number of benzene rings is 2.